The Labute approximate surface area is 84.1 Å². The molecule has 0 atom stereocenters. The number of hydrogen-bond acceptors (Lipinski definition) is 5. The Morgan fingerprint density at radius 3 is 1.93 bits per heavy atom. The van der Waals surface area contributed by atoms with Gasteiger partial charge < -0.3 is 25.5 Å². The van der Waals surface area contributed by atoms with Crippen LogP contribution in [-0.4, -0.2) is 25.5 Å². The summed E-state index contributed by atoms with van der Waals surface area (Å²) in [6.45, 7) is 0. The van der Waals surface area contributed by atoms with Gasteiger partial charge in [-0.3, -0.25) is 0 Å². The molecule has 78 valence electrons. The van der Waals surface area contributed by atoms with Crippen molar-refractivity contribution in [2.75, 3.05) is 0 Å². The molecule has 0 fully saturated rings. The van der Waals surface area contributed by atoms with Crippen molar-refractivity contribution in [1.29, 1.82) is 0 Å². The molecule has 0 aromatic heterocycles. The summed E-state index contributed by atoms with van der Waals surface area (Å²) in [7, 11) is 0. The van der Waals surface area contributed by atoms with Gasteiger partial charge in [-0.15, -0.1) is 0 Å². The van der Waals surface area contributed by atoms with Gasteiger partial charge in [-0.1, -0.05) is 0 Å². The van der Waals surface area contributed by atoms with Gasteiger partial charge in [-0.25, -0.2) is 0 Å². The highest BCUT2D eigenvalue weighted by Crippen LogP contribution is 2.46. The fourth-order valence-electron chi connectivity index (χ4n) is 1.44. The summed E-state index contributed by atoms with van der Waals surface area (Å²) in [6.07, 6.45) is 0. The van der Waals surface area contributed by atoms with Crippen LogP contribution in [0.3, 0.4) is 0 Å². The van der Waals surface area contributed by atoms with Gasteiger partial charge in [0.15, 0.2) is 23.0 Å². The summed E-state index contributed by atoms with van der Waals surface area (Å²) in [5.74, 6) is -2.48. The lowest BCUT2D eigenvalue weighted by atomic mass is 10.1. The molecule has 0 radical (unpaired) electrons. The quantitative estimate of drug-likeness (QED) is 0.332. The summed E-state index contributed by atoms with van der Waals surface area (Å²) < 4.78 is 0. The van der Waals surface area contributed by atoms with Crippen molar-refractivity contribution < 1.29 is 25.5 Å². The highest BCUT2D eigenvalue weighted by Gasteiger charge is 2.16. The van der Waals surface area contributed by atoms with E-state index in [9.17, 15) is 25.5 Å². The average molecular weight is 208 g/mol. The highest BCUT2D eigenvalue weighted by molar-refractivity contribution is 6.00. The second kappa shape index (κ2) is 2.84. The Morgan fingerprint density at radius 2 is 1.27 bits per heavy atom. The number of fused-ring (bicyclic) bond motifs is 1. The van der Waals surface area contributed by atoms with E-state index < -0.39 is 23.0 Å². The molecule has 5 N–H and O–H groups in total. The Morgan fingerprint density at radius 1 is 0.667 bits per heavy atom. The summed E-state index contributed by atoms with van der Waals surface area (Å²) >= 11 is 0. The Balaban J connectivity index is 3.04. The van der Waals surface area contributed by atoms with Crippen LogP contribution in [0.15, 0.2) is 18.2 Å². The van der Waals surface area contributed by atoms with E-state index >= 15 is 0 Å². The predicted molar refractivity (Wildman–Crippen MR) is 52.3 cm³/mol. The van der Waals surface area contributed by atoms with Crippen LogP contribution in [0.1, 0.15) is 0 Å². The summed E-state index contributed by atoms with van der Waals surface area (Å²) in [5, 5.41) is 46.7. The standard InChI is InChI=1S/C10H8O5/c11-5-2-1-4-6(12)3-7(13)10(15)8(4)9(5)14/h1-3,11-15H. The largest absolute Gasteiger partial charge is 0.507 e. The summed E-state index contributed by atoms with van der Waals surface area (Å²) in [4.78, 5) is 0. The lowest BCUT2D eigenvalue weighted by Crippen LogP contribution is -1.79. The minimum atomic E-state index is -0.587. The Hall–Kier alpha value is -2.30. The van der Waals surface area contributed by atoms with Crippen LogP contribution in [0.2, 0.25) is 0 Å². The number of hydrogen-bond donors (Lipinski definition) is 5. The van der Waals surface area contributed by atoms with E-state index in [1.165, 1.54) is 12.1 Å². The normalized spacial score (nSPS) is 10.7. The minimum Gasteiger partial charge on any atom is -0.507 e. The van der Waals surface area contributed by atoms with Crippen LogP contribution in [0, 0.1) is 0 Å². The van der Waals surface area contributed by atoms with Gasteiger partial charge in [0.1, 0.15) is 5.75 Å². The molecule has 2 rings (SSSR count). The van der Waals surface area contributed by atoms with Gasteiger partial charge in [0.25, 0.3) is 0 Å². The molecule has 0 aliphatic rings. The molecule has 0 aliphatic carbocycles. The zero-order chi connectivity index (χ0) is 11.2. The van der Waals surface area contributed by atoms with Crippen molar-refractivity contribution in [3.63, 3.8) is 0 Å². The summed E-state index contributed by atoms with van der Waals surface area (Å²) in [6, 6.07) is 3.45. The molecule has 0 spiro atoms. The number of phenols is 5. The third kappa shape index (κ3) is 1.17. The van der Waals surface area contributed by atoms with Gasteiger partial charge in [0.2, 0.25) is 0 Å². The van der Waals surface area contributed by atoms with E-state index in [1.54, 1.807) is 0 Å². The predicted octanol–water partition coefficient (Wildman–Crippen LogP) is 1.37. The van der Waals surface area contributed by atoms with Crippen molar-refractivity contribution in [3.05, 3.63) is 18.2 Å². The van der Waals surface area contributed by atoms with Gasteiger partial charge in [0, 0.05) is 11.5 Å². The second-order valence-electron chi connectivity index (χ2n) is 3.12. The first-order chi connectivity index (χ1) is 7.02. The molecule has 0 amide bonds. The number of aromatic hydroxyl groups is 5. The molecule has 2 aromatic carbocycles. The first-order valence-electron chi connectivity index (χ1n) is 4.11. The van der Waals surface area contributed by atoms with E-state index in [4.69, 9.17) is 0 Å². The number of benzene rings is 2. The molecule has 0 saturated carbocycles. The zero-order valence-corrected chi connectivity index (χ0v) is 7.47. The molecule has 0 saturated heterocycles. The fraction of sp³-hybridized carbons (Fsp3) is 0. The molecule has 0 unspecified atom stereocenters. The molecule has 2 aromatic rings. The first kappa shape index (κ1) is 9.26. The third-order valence-electron chi connectivity index (χ3n) is 2.19. The summed E-state index contributed by atoms with van der Waals surface area (Å²) in [5.41, 5.74) is 0. The van der Waals surface area contributed by atoms with Crippen LogP contribution in [0.4, 0.5) is 0 Å². The minimum absolute atomic E-state index is 0.139. The number of phenolic OH excluding ortho intramolecular Hbond substituents is 5. The lowest BCUT2D eigenvalue weighted by molar-refractivity contribution is 0.391. The zero-order valence-electron chi connectivity index (χ0n) is 7.47. The molecule has 0 heterocycles. The highest BCUT2D eigenvalue weighted by atomic mass is 16.3. The smallest absolute Gasteiger partial charge is 0.169 e. The van der Waals surface area contributed by atoms with Gasteiger partial charge in [0.05, 0.1) is 5.39 Å². The second-order valence-corrected chi connectivity index (χ2v) is 3.12. The fourth-order valence-corrected chi connectivity index (χ4v) is 1.44. The maximum absolute atomic E-state index is 9.46. The van der Waals surface area contributed by atoms with E-state index in [1.807, 2.05) is 0 Å². The molecular weight excluding hydrogens is 200 g/mol. The Kier molecular flexibility index (Phi) is 1.76. The monoisotopic (exact) mass is 208 g/mol. The molecular formula is C10H8O5. The van der Waals surface area contributed by atoms with Crippen molar-refractivity contribution in [2.24, 2.45) is 0 Å². The van der Waals surface area contributed by atoms with Gasteiger partial charge in [-0.2, -0.15) is 0 Å². The molecule has 0 bridgehead atoms. The lowest BCUT2D eigenvalue weighted by Gasteiger charge is -2.08. The van der Waals surface area contributed by atoms with Crippen molar-refractivity contribution >= 4 is 10.8 Å². The van der Waals surface area contributed by atoms with Crippen LogP contribution in [0.5, 0.6) is 28.7 Å². The maximum Gasteiger partial charge on any atom is 0.169 e. The van der Waals surface area contributed by atoms with Crippen molar-refractivity contribution in [2.45, 2.75) is 0 Å². The first-order valence-corrected chi connectivity index (χ1v) is 4.11. The van der Waals surface area contributed by atoms with Crippen LogP contribution in [-0.2, 0) is 0 Å². The van der Waals surface area contributed by atoms with Crippen molar-refractivity contribution in [1.82, 2.24) is 0 Å². The van der Waals surface area contributed by atoms with Gasteiger partial charge >= 0.3 is 0 Å². The SMILES string of the molecule is Oc1ccc2c(O)cc(O)c(O)c2c1O. The van der Waals surface area contributed by atoms with Gasteiger partial charge in [-0.05, 0) is 12.1 Å². The Bertz CT molecular complexity index is 539. The average Bonchev–Trinajstić information content (AvgIpc) is 2.19. The molecule has 5 heteroatoms. The van der Waals surface area contributed by atoms with E-state index in [0.717, 1.165) is 6.07 Å². The van der Waals surface area contributed by atoms with E-state index in [0.29, 0.717) is 0 Å². The van der Waals surface area contributed by atoms with Crippen molar-refractivity contribution in [3.8, 4) is 28.7 Å². The van der Waals surface area contributed by atoms with Crippen LogP contribution < -0.4 is 0 Å². The third-order valence-corrected chi connectivity index (χ3v) is 2.19. The maximum atomic E-state index is 9.46. The number of rotatable bonds is 0. The topological polar surface area (TPSA) is 101 Å². The molecule has 15 heavy (non-hydrogen) atoms. The van der Waals surface area contributed by atoms with E-state index in [-0.39, 0.29) is 16.5 Å². The van der Waals surface area contributed by atoms with E-state index in [2.05, 4.69) is 0 Å². The molecule has 0 aliphatic heterocycles. The van der Waals surface area contributed by atoms with Crippen LogP contribution >= 0.6 is 0 Å². The van der Waals surface area contributed by atoms with Crippen LogP contribution in [0.25, 0.3) is 10.8 Å². The molecule has 5 nitrogen and oxygen atoms in total.